The number of amides is 5. The van der Waals surface area contributed by atoms with Crippen LogP contribution in [0.25, 0.3) is 0 Å². The van der Waals surface area contributed by atoms with Crippen molar-refractivity contribution in [1.29, 1.82) is 0 Å². The number of aliphatic hydroxyl groups is 30. The number of ether oxygens (including phenoxy) is 21. The molecule has 11 saturated heterocycles. The van der Waals surface area contributed by atoms with E-state index in [4.69, 9.17) is 99.5 Å². The molecule has 11 aliphatic heterocycles. The minimum Gasteiger partial charge on any atom is -0.394 e. The molecule has 0 bridgehead atoms. The Morgan fingerprint density at radius 2 is 0.401 bits per heavy atom. The number of rotatable bonds is 36. The molecule has 11 aliphatic rings. The molecule has 0 aromatic carbocycles. The molecule has 11 heterocycles. The summed E-state index contributed by atoms with van der Waals surface area (Å²) in [6.45, 7) is -8.00. The summed E-state index contributed by atoms with van der Waals surface area (Å²) in [6, 6.07) is -9.73. The molecule has 0 aromatic heterocycles. The monoisotopic (exact) mass is 2010 g/mol. The molecular formula is C76H127N5O56. The molecule has 55 atom stereocenters. The molecular weight excluding hydrogens is 1880 g/mol. The number of hydrogen-bond acceptors (Lipinski definition) is 56. The first-order chi connectivity index (χ1) is 64.8. The maximum absolute atomic E-state index is 13.3. The predicted octanol–water partition coefficient (Wildman–Crippen LogP) is -24.3. The van der Waals surface area contributed by atoms with E-state index in [9.17, 15) is 177 Å². The summed E-state index contributed by atoms with van der Waals surface area (Å²) >= 11 is 0. The van der Waals surface area contributed by atoms with Crippen LogP contribution >= 0.6 is 0 Å². The van der Waals surface area contributed by atoms with Gasteiger partial charge in [-0.05, 0) is 0 Å². The van der Waals surface area contributed by atoms with Crippen molar-refractivity contribution in [3.05, 3.63) is 0 Å². The first-order valence-corrected chi connectivity index (χ1v) is 43.6. The average molecular weight is 2010 g/mol. The third-order valence-electron chi connectivity index (χ3n) is 25.0. The van der Waals surface area contributed by atoms with E-state index in [1.165, 1.54) is 0 Å². The lowest BCUT2D eigenvalue weighted by molar-refractivity contribution is -0.400. The summed E-state index contributed by atoms with van der Waals surface area (Å²) in [5, 5.41) is 349. The minimum absolute atomic E-state index is 0.830. The van der Waals surface area contributed by atoms with E-state index in [1.54, 1.807) is 0 Å². The number of carbonyl (C=O) groups excluding carboxylic acids is 5. The second-order valence-corrected chi connectivity index (χ2v) is 34.6. The second kappa shape index (κ2) is 49.5. The van der Waals surface area contributed by atoms with Crippen molar-refractivity contribution in [3.63, 3.8) is 0 Å². The Bertz CT molecular complexity index is 3780. The van der Waals surface area contributed by atoms with E-state index in [0.717, 1.165) is 34.6 Å². The van der Waals surface area contributed by atoms with Crippen molar-refractivity contribution in [2.24, 2.45) is 0 Å². The highest BCUT2D eigenvalue weighted by Gasteiger charge is 2.63. The second-order valence-electron chi connectivity index (χ2n) is 34.6. The zero-order valence-electron chi connectivity index (χ0n) is 73.6. The molecule has 137 heavy (non-hydrogen) atoms. The van der Waals surface area contributed by atoms with Crippen LogP contribution in [0, 0.1) is 0 Å². The fraction of sp³-hybridized carbons (Fsp3) is 0.934. The molecule has 61 heteroatoms. The van der Waals surface area contributed by atoms with E-state index >= 15 is 0 Å². The van der Waals surface area contributed by atoms with Crippen LogP contribution in [0.1, 0.15) is 34.6 Å². The van der Waals surface area contributed by atoms with Gasteiger partial charge in [0, 0.05) is 34.6 Å². The first-order valence-electron chi connectivity index (χ1n) is 43.6. The predicted molar refractivity (Wildman–Crippen MR) is 420 cm³/mol. The molecule has 0 aliphatic carbocycles. The molecule has 11 rings (SSSR count). The van der Waals surface area contributed by atoms with Crippen LogP contribution < -0.4 is 26.6 Å². The minimum atomic E-state index is -2.75. The molecule has 0 unspecified atom stereocenters. The maximum atomic E-state index is 13.3. The van der Waals surface area contributed by atoms with Gasteiger partial charge in [-0.1, -0.05) is 0 Å². The van der Waals surface area contributed by atoms with Crippen LogP contribution in [0.2, 0.25) is 0 Å². The average Bonchev–Trinajstić information content (AvgIpc) is 0.763. The molecule has 0 aromatic rings. The highest BCUT2D eigenvalue weighted by atomic mass is 16.8. The molecule has 0 spiro atoms. The van der Waals surface area contributed by atoms with Gasteiger partial charge in [-0.25, -0.2) is 0 Å². The molecule has 0 saturated carbocycles. The summed E-state index contributed by atoms with van der Waals surface area (Å²) in [4.78, 5) is 64.9. The van der Waals surface area contributed by atoms with Crippen molar-refractivity contribution in [2.45, 2.75) is 372 Å². The lowest BCUT2D eigenvalue weighted by Crippen LogP contribution is -2.71. The van der Waals surface area contributed by atoms with Crippen molar-refractivity contribution >= 4 is 29.5 Å². The van der Waals surface area contributed by atoms with Gasteiger partial charge in [-0.2, -0.15) is 0 Å². The van der Waals surface area contributed by atoms with Gasteiger partial charge in [-0.15, -0.1) is 0 Å². The molecule has 0 radical (unpaired) electrons. The Labute approximate surface area is 775 Å². The Morgan fingerprint density at radius 3 is 0.730 bits per heavy atom. The Kier molecular flexibility index (Phi) is 40.7. The molecule has 792 valence electrons. The zero-order valence-corrected chi connectivity index (χ0v) is 73.6. The molecule has 11 fully saturated rings. The highest BCUT2D eigenvalue weighted by molar-refractivity contribution is 5.75. The van der Waals surface area contributed by atoms with Gasteiger partial charge < -0.3 is 279 Å². The quantitative estimate of drug-likeness (QED) is 0.0277. The maximum Gasteiger partial charge on any atom is 0.217 e. The smallest absolute Gasteiger partial charge is 0.217 e. The van der Waals surface area contributed by atoms with Gasteiger partial charge in [0.15, 0.2) is 69.2 Å². The lowest BCUT2D eigenvalue weighted by atomic mass is 9.93. The number of aliphatic hydroxyl groups excluding tert-OH is 30. The van der Waals surface area contributed by atoms with Crippen LogP contribution in [0.5, 0.6) is 0 Å². The van der Waals surface area contributed by atoms with Gasteiger partial charge in [0.05, 0.1) is 72.7 Å². The van der Waals surface area contributed by atoms with Crippen LogP contribution in [0.4, 0.5) is 0 Å². The van der Waals surface area contributed by atoms with Gasteiger partial charge >= 0.3 is 0 Å². The van der Waals surface area contributed by atoms with Gasteiger partial charge in [0.1, 0.15) is 268 Å². The third-order valence-corrected chi connectivity index (χ3v) is 25.0. The van der Waals surface area contributed by atoms with Crippen molar-refractivity contribution in [3.8, 4) is 0 Å². The zero-order chi connectivity index (χ0) is 101. The first kappa shape index (κ1) is 113. The fourth-order valence-corrected chi connectivity index (χ4v) is 17.7. The van der Waals surface area contributed by atoms with Crippen molar-refractivity contribution < 1.29 is 277 Å². The van der Waals surface area contributed by atoms with E-state index in [0.29, 0.717) is 0 Å². The molecule has 61 nitrogen and oxygen atoms in total. The van der Waals surface area contributed by atoms with E-state index in [2.05, 4.69) is 26.6 Å². The largest absolute Gasteiger partial charge is 0.394 e. The standard InChI is InChI=1S/C76H127N5O56/c1-17(91)77-33-44(102)58(26(10-86)119-66(33)116)130-68-35(79-19(3)93)46(104)62(30(14-90)125-68)134-74-57(115)63(43(101)32(128-74)16-118-75-64(52(110)41(99)25(9-85)123-75)136-69-36(80-20(4)94)47(105)60(28(12-88)126-69)132-72-55(113)50(108)39(97)23(7-83)121-72)135-76-65(137-70-37(81-21(5)95)48(106)61(29(13-89)127-70)133-73-56(114)51(109)40(98)24(8-84)122-73)53(111)42(100)31(129-76)15-117-67-34(78-18(2)92)45(103)59(27(11-87)124-67)131-71-54(112)49(107)38(96)22(6-82)120-71/h22-76,82-90,96-116H,6-16H2,1-5H3,(H,77,91)(H,78,92)(H,79,93)(H,80,94)(H,81,95)/t22-,23-,24-,25-,26-,27-,28-,29-,30-,31-,32-,33-,34-,35-,36-,37-,38+,39+,40+,41-,42-,43-,44-,45-,46-,47-,48-,49+,50+,51+,52+,53+,54-,55-,56-,57+,58-,59-,60-,61-,62-,63+,64+,65+,66-,67-,68+,69+,70+,71+,72+,73+,74+,75+,76-/m1/s1. The topological polar surface area (TPSA) is 946 Å². The number of carbonyl (C=O) groups is 5. The summed E-state index contributed by atoms with van der Waals surface area (Å²) in [6.07, 6.45) is -108. The molecule has 35 N–H and O–H groups in total. The Morgan fingerprint density at radius 1 is 0.190 bits per heavy atom. The number of hydrogen-bond donors (Lipinski definition) is 35. The fourth-order valence-electron chi connectivity index (χ4n) is 17.7. The van der Waals surface area contributed by atoms with Crippen LogP contribution in [-0.2, 0) is 123 Å². The summed E-state index contributed by atoms with van der Waals surface area (Å²) in [5.74, 6) is -4.82. The Balaban J connectivity index is 0.972. The summed E-state index contributed by atoms with van der Waals surface area (Å²) in [7, 11) is 0. The van der Waals surface area contributed by atoms with Gasteiger partial charge in [0.25, 0.3) is 0 Å². The van der Waals surface area contributed by atoms with Crippen molar-refractivity contribution in [2.75, 3.05) is 72.7 Å². The third kappa shape index (κ3) is 25.2. The summed E-state index contributed by atoms with van der Waals surface area (Å²) < 4.78 is 126. The Hall–Kier alpha value is -4.69. The highest BCUT2D eigenvalue weighted by Crippen LogP contribution is 2.42. The normalized spacial score (nSPS) is 48.9. The lowest BCUT2D eigenvalue weighted by Gasteiger charge is -2.51. The van der Waals surface area contributed by atoms with Crippen LogP contribution in [-0.4, -0.2) is 593 Å². The van der Waals surface area contributed by atoms with Crippen LogP contribution in [0.15, 0.2) is 0 Å². The van der Waals surface area contributed by atoms with Gasteiger partial charge in [0.2, 0.25) is 29.5 Å². The summed E-state index contributed by atoms with van der Waals surface area (Å²) in [5.41, 5.74) is 0. The van der Waals surface area contributed by atoms with E-state index in [1.807, 2.05) is 0 Å². The number of nitrogens with one attached hydrogen (secondary N) is 5. The SMILES string of the molecule is CC(=O)N[C@@H]1[C@@H](O)[C@H](O[C@@H]2O[C@H](CO)[C@@H](O[C@@H]3O[C@H](CO[C@H]4O[C@H](CO)[C@@H](O)[C@H](O)[C@@H]4O[C@@H]4O[C@H](CO)[C@@H](O[C@@H]5O[C@H](CO)[C@H](O)[C@H](O)[C@H]5O)[C@H](O)[C@H]4NC(C)=O)[C@@H](O)[C@H](O[C@H]4O[C@H](CO[C@@H]5O[C@H](CO)[C@@H](O[C@@H]6O[C@H](CO)[C@H](O)[C@H](O)[C@H]6O)[C@H](O)[C@H]5NC(C)=O)[C@@H](O)[C@H](O)[C@@H]4O[C@@H]4O[C@H](CO)[C@@H](O[C@@H]5O[C@H](CO)[C@H](O)[C@H](O)[C@H]5O)[C@H](O)[C@H]4NC(C)=O)[C@@H]3O)[C@H](O)[C@H]2NC(C)=O)[C@@H](CO)O[C@H]1O. The van der Waals surface area contributed by atoms with Crippen molar-refractivity contribution in [1.82, 2.24) is 26.6 Å². The molecule has 5 amide bonds. The van der Waals surface area contributed by atoms with E-state index < -0.39 is 440 Å². The van der Waals surface area contributed by atoms with E-state index in [-0.39, 0.29) is 0 Å². The van der Waals surface area contributed by atoms with Gasteiger partial charge in [-0.3, -0.25) is 24.0 Å². The van der Waals surface area contributed by atoms with Crippen LogP contribution in [0.3, 0.4) is 0 Å².